The molecule has 0 saturated carbocycles. The third-order valence-electron chi connectivity index (χ3n) is 4.14. The van der Waals surface area contributed by atoms with Crippen LogP contribution >= 0.6 is 0 Å². The van der Waals surface area contributed by atoms with Gasteiger partial charge in [0.1, 0.15) is 0 Å². The van der Waals surface area contributed by atoms with Gasteiger partial charge in [-0.1, -0.05) is 63.3 Å². The summed E-state index contributed by atoms with van der Waals surface area (Å²) in [5.74, 6) is 0. The summed E-state index contributed by atoms with van der Waals surface area (Å²) in [5, 5.41) is -2.27. The van der Waals surface area contributed by atoms with Crippen LogP contribution in [-0.4, -0.2) is 26.2 Å². The molecule has 0 heterocycles. The van der Waals surface area contributed by atoms with Crippen LogP contribution in [0.3, 0.4) is 0 Å². The Bertz CT molecular complexity index is 598. The second kappa shape index (κ2) is 13.3. The van der Waals surface area contributed by atoms with Crippen LogP contribution in [0.25, 0.3) is 0 Å². The van der Waals surface area contributed by atoms with Gasteiger partial charge < -0.3 is 14.0 Å². The summed E-state index contributed by atoms with van der Waals surface area (Å²) < 4.78 is 46.9. The van der Waals surface area contributed by atoms with Crippen molar-refractivity contribution in [1.82, 2.24) is 0 Å². The topological polar surface area (TPSA) is 75.7 Å². The van der Waals surface area contributed by atoms with E-state index in [0.717, 1.165) is 24.8 Å². The molecule has 0 aliphatic rings. The van der Waals surface area contributed by atoms with Crippen LogP contribution in [0.4, 0.5) is 0 Å². The average Bonchev–Trinajstić information content (AvgIpc) is 2.57. The molecule has 0 spiro atoms. The summed E-state index contributed by atoms with van der Waals surface area (Å²) in [7, 11) is -4.86. The summed E-state index contributed by atoms with van der Waals surface area (Å²) in [6.45, 7) is 5.60. The van der Waals surface area contributed by atoms with E-state index < -0.39 is 15.2 Å². The Morgan fingerprint density at radius 1 is 0.923 bits per heavy atom. The van der Waals surface area contributed by atoms with Crippen molar-refractivity contribution in [3.8, 4) is 0 Å². The summed E-state index contributed by atoms with van der Waals surface area (Å²) >= 11 is 0. The maximum Gasteiger partial charge on any atom is 1.00 e. The van der Waals surface area contributed by atoms with Crippen molar-refractivity contribution in [3.05, 3.63) is 35.4 Å². The molecule has 0 fully saturated rings. The van der Waals surface area contributed by atoms with Gasteiger partial charge in [0.2, 0.25) is 0 Å². The van der Waals surface area contributed by atoms with E-state index in [1.807, 2.05) is 12.1 Å². The predicted octanol–water partition coefficient (Wildman–Crippen LogP) is 1.32. The number of rotatable bonds is 13. The molecule has 0 atom stereocenters. The van der Waals surface area contributed by atoms with Gasteiger partial charge in [0.25, 0.3) is 5.12 Å². The summed E-state index contributed by atoms with van der Waals surface area (Å²) in [5.41, 5.74) is 1.10. The van der Waals surface area contributed by atoms with Crippen LogP contribution in [0.1, 0.15) is 70.4 Å². The van der Waals surface area contributed by atoms with E-state index in [9.17, 15) is 13.0 Å². The van der Waals surface area contributed by atoms with Crippen LogP contribution < -0.4 is 29.6 Å². The zero-order chi connectivity index (χ0) is 18.8. The van der Waals surface area contributed by atoms with Gasteiger partial charge in [-0.05, 0) is 32.3 Å². The second-order valence-electron chi connectivity index (χ2n) is 6.05. The molecule has 1 rings (SSSR count). The van der Waals surface area contributed by atoms with Gasteiger partial charge in [-0.25, -0.2) is 8.42 Å². The van der Waals surface area contributed by atoms with Crippen molar-refractivity contribution in [3.63, 3.8) is 0 Å². The van der Waals surface area contributed by atoms with Gasteiger partial charge >= 0.3 is 29.6 Å². The Morgan fingerprint density at radius 2 is 1.46 bits per heavy atom. The van der Waals surface area contributed by atoms with Crippen molar-refractivity contribution in [2.45, 2.75) is 70.8 Å². The minimum Gasteiger partial charge on any atom is -0.744 e. The fraction of sp³-hybridized carbons (Fsp3) is 0.684. The Labute approximate surface area is 180 Å². The first-order valence-corrected chi connectivity index (χ1v) is 10.7. The average molecular weight is 395 g/mol. The molecular formula is C19H31NaO5S. The van der Waals surface area contributed by atoms with E-state index in [-0.39, 0.29) is 42.8 Å². The van der Waals surface area contributed by atoms with Crippen molar-refractivity contribution < 1.29 is 52.0 Å². The molecule has 1 aromatic rings. The van der Waals surface area contributed by atoms with Crippen LogP contribution in [0.5, 0.6) is 0 Å². The normalized spacial score (nSPS) is 12.0. The number of hydrogen-bond donors (Lipinski definition) is 0. The molecule has 0 N–H and O–H groups in total. The first-order chi connectivity index (χ1) is 11.9. The molecule has 0 radical (unpaired) electrons. The van der Waals surface area contributed by atoms with E-state index >= 15 is 0 Å². The summed E-state index contributed by atoms with van der Waals surface area (Å²) in [6.07, 6.45) is 7.54. The second-order valence-corrected chi connectivity index (χ2v) is 7.50. The van der Waals surface area contributed by atoms with Crippen molar-refractivity contribution in [1.29, 1.82) is 0 Å². The molecule has 0 aliphatic carbocycles. The van der Waals surface area contributed by atoms with E-state index in [0.29, 0.717) is 12.0 Å². The molecule has 7 heteroatoms. The van der Waals surface area contributed by atoms with Gasteiger partial charge in [0, 0.05) is 18.8 Å². The summed E-state index contributed by atoms with van der Waals surface area (Å²) in [4.78, 5) is 0. The van der Waals surface area contributed by atoms with Crippen molar-refractivity contribution >= 4 is 10.1 Å². The maximum absolute atomic E-state index is 12.0. The molecular weight excluding hydrogens is 363 g/mol. The molecule has 0 amide bonds. The van der Waals surface area contributed by atoms with Gasteiger partial charge in [0.05, 0.1) is 0 Å². The molecule has 0 unspecified atom stereocenters. The number of benzene rings is 1. The first kappa shape index (κ1) is 26.1. The Hall–Kier alpha value is 0.0500. The SMILES string of the molecule is CCCCCCCCc1ccccc1C(OCC)(OCC)S(=O)(=O)[O-].[Na+]. The van der Waals surface area contributed by atoms with Crippen molar-refractivity contribution in [2.24, 2.45) is 0 Å². The zero-order valence-electron chi connectivity index (χ0n) is 16.6. The van der Waals surface area contributed by atoms with E-state index in [1.165, 1.54) is 19.3 Å². The molecule has 5 nitrogen and oxygen atoms in total. The van der Waals surface area contributed by atoms with Gasteiger partial charge in [-0.2, -0.15) is 0 Å². The fourth-order valence-electron chi connectivity index (χ4n) is 2.99. The minimum absolute atomic E-state index is 0. The predicted molar refractivity (Wildman–Crippen MR) is 98.1 cm³/mol. The first-order valence-electron chi connectivity index (χ1n) is 9.24. The molecule has 26 heavy (non-hydrogen) atoms. The smallest absolute Gasteiger partial charge is 0.744 e. The third kappa shape index (κ3) is 7.23. The van der Waals surface area contributed by atoms with E-state index in [2.05, 4.69) is 6.92 Å². The quantitative estimate of drug-likeness (QED) is 0.218. The van der Waals surface area contributed by atoms with Crippen LogP contribution in [0, 0.1) is 0 Å². The van der Waals surface area contributed by atoms with Gasteiger partial charge in [0.15, 0.2) is 10.1 Å². The largest absolute Gasteiger partial charge is 1.00 e. The molecule has 144 valence electrons. The van der Waals surface area contributed by atoms with Crippen LogP contribution in [-0.2, 0) is 31.1 Å². The number of unbranched alkanes of at least 4 members (excludes halogenated alkanes) is 5. The van der Waals surface area contributed by atoms with Crippen molar-refractivity contribution in [2.75, 3.05) is 13.2 Å². The minimum atomic E-state index is -4.86. The van der Waals surface area contributed by atoms with Gasteiger partial charge in [-0.3, -0.25) is 0 Å². The number of hydrogen-bond acceptors (Lipinski definition) is 5. The Kier molecular flexibility index (Phi) is 13.3. The van der Waals surface area contributed by atoms with Crippen LogP contribution in [0.15, 0.2) is 24.3 Å². The van der Waals surface area contributed by atoms with Crippen LogP contribution in [0.2, 0.25) is 0 Å². The fourth-order valence-corrected chi connectivity index (χ4v) is 3.98. The van der Waals surface area contributed by atoms with Gasteiger partial charge in [-0.15, -0.1) is 0 Å². The molecule has 0 aromatic heterocycles. The number of aryl methyl sites for hydroxylation is 1. The monoisotopic (exact) mass is 394 g/mol. The maximum atomic E-state index is 12.0. The molecule has 1 aromatic carbocycles. The molecule has 0 bridgehead atoms. The van der Waals surface area contributed by atoms with E-state index in [1.54, 1.807) is 26.0 Å². The number of ether oxygens (including phenoxy) is 2. The Balaban J connectivity index is 0.00000625. The van der Waals surface area contributed by atoms with E-state index in [4.69, 9.17) is 9.47 Å². The molecule has 0 aliphatic heterocycles. The zero-order valence-corrected chi connectivity index (χ0v) is 19.4. The molecule has 0 saturated heterocycles. The Morgan fingerprint density at radius 3 is 2.00 bits per heavy atom. The third-order valence-corrected chi connectivity index (χ3v) is 5.26. The standard InChI is InChI=1S/C19H32O5S.Na/c1-4-7-8-9-10-11-14-17-15-12-13-16-18(17)19(23-5-2,24-6-3)25(20,21)22;/h12-13,15-16H,4-11,14H2,1-3H3,(H,20,21,22);/q;+1/p-1. The summed E-state index contributed by atoms with van der Waals surface area (Å²) in [6, 6.07) is 7.01.